The van der Waals surface area contributed by atoms with E-state index in [4.69, 9.17) is 0 Å². The Morgan fingerprint density at radius 1 is 0.818 bits per heavy atom. The van der Waals surface area contributed by atoms with E-state index in [0.29, 0.717) is 0 Å². The van der Waals surface area contributed by atoms with Crippen LogP contribution in [-0.2, 0) is 4.79 Å². The SMILES string of the molecule is C[C@H](C(=O)O)[C@@H](c1ccccc1)c1ccc2ccccc2c1. The van der Waals surface area contributed by atoms with Crippen LogP contribution in [0.15, 0.2) is 72.8 Å². The molecule has 1 N–H and O–H groups in total. The Balaban J connectivity index is 2.13. The summed E-state index contributed by atoms with van der Waals surface area (Å²) < 4.78 is 0. The highest BCUT2D eigenvalue weighted by Gasteiger charge is 2.26. The fourth-order valence-electron chi connectivity index (χ4n) is 2.97. The minimum Gasteiger partial charge on any atom is -0.481 e. The van der Waals surface area contributed by atoms with Gasteiger partial charge >= 0.3 is 5.97 Å². The zero-order valence-electron chi connectivity index (χ0n) is 12.4. The minimum atomic E-state index is -0.776. The van der Waals surface area contributed by atoms with E-state index in [1.165, 1.54) is 5.39 Å². The van der Waals surface area contributed by atoms with Gasteiger partial charge in [-0.25, -0.2) is 0 Å². The number of rotatable bonds is 4. The summed E-state index contributed by atoms with van der Waals surface area (Å²) in [4.78, 5) is 11.6. The van der Waals surface area contributed by atoms with Crippen molar-refractivity contribution < 1.29 is 9.90 Å². The number of carbonyl (C=O) groups is 1. The molecule has 0 amide bonds. The maximum absolute atomic E-state index is 11.6. The lowest BCUT2D eigenvalue weighted by molar-refractivity contribution is -0.141. The second-order valence-electron chi connectivity index (χ2n) is 5.62. The summed E-state index contributed by atoms with van der Waals surface area (Å²) in [5.74, 6) is -1.41. The second-order valence-corrected chi connectivity index (χ2v) is 5.62. The molecular weight excluding hydrogens is 272 g/mol. The van der Waals surface area contributed by atoms with Crippen molar-refractivity contribution in [2.45, 2.75) is 12.8 Å². The molecule has 0 aliphatic carbocycles. The Morgan fingerprint density at radius 3 is 2.14 bits per heavy atom. The van der Waals surface area contributed by atoms with Crippen LogP contribution >= 0.6 is 0 Å². The molecule has 110 valence electrons. The molecule has 0 saturated carbocycles. The van der Waals surface area contributed by atoms with E-state index in [2.05, 4.69) is 24.3 Å². The summed E-state index contributed by atoms with van der Waals surface area (Å²) in [5.41, 5.74) is 2.08. The number of carboxylic acid groups (broad SMARTS) is 1. The third kappa shape index (κ3) is 2.73. The Morgan fingerprint density at radius 2 is 1.45 bits per heavy atom. The van der Waals surface area contributed by atoms with Gasteiger partial charge in [0.25, 0.3) is 0 Å². The fraction of sp³-hybridized carbons (Fsp3) is 0.150. The number of hydrogen-bond acceptors (Lipinski definition) is 1. The van der Waals surface area contributed by atoms with Gasteiger partial charge in [-0.3, -0.25) is 4.79 Å². The quantitative estimate of drug-likeness (QED) is 0.756. The van der Waals surface area contributed by atoms with Gasteiger partial charge in [0.2, 0.25) is 0 Å². The predicted molar refractivity (Wildman–Crippen MR) is 89.0 cm³/mol. The van der Waals surface area contributed by atoms with Crippen molar-refractivity contribution in [3.63, 3.8) is 0 Å². The molecule has 3 rings (SSSR count). The molecule has 0 saturated heterocycles. The van der Waals surface area contributed by atoms with Crippen molar-refractivity contribution in [3.05, 3.63) is 83.9 Å². The van der Waals surface area contributed by atoms with Gasteiger partial charge in [0, 0.05) is 5.92 Å². The van der Waals surface area contributed by atoms with E-state index < -0.39 is 11.9 Å². The van der Waals surface area contributed by atoms with Crippen LogP contribution in [-0.4, -0.2) is 11.1 Å². The summed E-state index contributed by atoms with van der Waals surface area (Å²) in [7, 11) is 0. The van der Waals surface area contributed by atoms with Gasteiger partial charge in [-0.1, -0.05) is 79.7 Å². The molecule has 3 aromatic rings. The number of benzene rings is 3. The summed E-state index contributed by atoms with van der Waals surface area (Å²) in [6.45, 7) is 1.77. The molecule has 0 aliphatic rings. The molecule has 0 aromatic heterocycles. The van der Waals surface area contributed by atoms with Gasteiger partial charge in [0.05, 0.1) is 5.92 Å². The maximum atomic E-state index is 11.6. The minimum absolute atomic E-state index is 0.150. The zero-order valence-corrected chi connectivity index (χ0v) is 12.4. The molecule has 0 radical (unpaired) electrons. The molecule has 2 heteroatoms. The highest BCUT2D eigenvalue weighted by Crippen LogP contribution is 2.33. The largest absolute Gasteiger partial charge is 0.481 e. The molecular formula is C20H18O2. The third-order valence-corrected chi connectivity index (χ3v) is 4.18. The molecule has 0 unspecified atom stereocenters. The van der Waals surface area contributed by atoms with E-state index in [1.54, 1.807) is 6.92 Å². The van der Waals surface area contributed by atoms with Crippen molar-refractivity contribution in [2.75, 3.05) is 0 Å². The van der Waals surface area contributed by atoms with E-state index in [9.17, 15) is 9.90 Å². The summed E-state index contributed by atoms with van der Waals surface area (Å²) >= 11 is 0. The van der Waals surface area contributed by atoms with Gasteiger partial charge in [-0.05, 0) is 21.9 Å². The van der Waals surface area contributed by atoms with E-state index in [-0.39, 0.29) is 5.92 Å². The highest BCUT2D eigenvalue weighted by molar-refractivity contribution is 5.83. The Hall–Kier alpha value is -2.61. The molecule has 22 heavy (non-hydrogen) atoms. The number of hydrogen-bond donors (Lipinski definition) is 1. The molecule has 0 aliphatic heterocycles. The zero-order chi connectivity index (χ0) is 15.5. The van der Waals surface area contributed by atoms with Crippen LogP contribution in [0.5, 0.6) is 0 Å². The van der Waals surface area contributed by atoms with Crippen LogP contribution in [0.2, 0.25) is 0 Å². The molecule has 0 fully saturated rings. The van der Waals surface area contributed by atoms with Gasteiger partial charge in [0.1, 0.15) is 0 Å². The molecule has 2 atom stereocenters. The number of fused-ring (bicyclic) bond motifs is 1. The van der Waals surface area contributed by atoms with Gasteiger partial charge in [-0.2, -0.15) is 0 Å². The second kappa shape index (κ2) is 6.02. The smallest absolute Gasteiger partial charge is 0.307 e. The fourth-order valence-corrected chi connectivity index (χ4v) is 2.97. The van der Waals surface area contributed by atoms with Gasteiger partial charge in [0.15, 0.2) is 0 Å². The maximum Gasteiger partial charge on any atom is 0.307 e. The standard InChI is InChI=1S/C20H18O2/c1-14(20(21)22)19(16-8-3-2-4-9-16)18-12-11-15-7-5-6-10-17(15)13-18/h2-14,19H,1H3,(H,21,22)/t14-,19-/m0/s1. The Kier molecular flexibility index (Phi) is 3.92. The monoisotopic (exact) mass is 290 g/mol. The molecule has 0 spiro atoms. The highest BCUT2D eigenvalue weighted by atomic mass is 16.4. The van der Waals surface area contributed by atoms with Crippen LogP contribution in [0.25, 0.3) is 10.8 Å². The summed E-state index contributed by atoms with van der Waals surface area (Å²) in [6.07, 6.45) is 0. The first-order chi connectivity index (χ1) is 10.7. The lowest BCUT2D eigenvalue weighted by Crippen LogP contribution is -2.20. The normalized spacial score (nSPS) is 13.7. The van der Waals surface area contributed by atoms with E-state index in [0.717, 1.165) is 16.5 Å². The first-order valence-electron chi connectivity index (χ1n) is 7.43. The predicted octanol–water partition coefficient (Wildman–Crippen LogP) is 4.69. The van der Waals surface area contributed by atoms with E-state index in [1.807, 2.05) is 48.5 Å². The summed E-state index contributed by atoms with van der Waals surface area (Å²) in [5, 5.41) is 11.8. The van der Waals surface area contributed by atoms with Gasteiger partial charge in [-0.15, -0.1) is 0 Å². The Labute approximate surface area is 130 Å². The van der Waals surface area contributed by atoms with Crippen LogP contribution in [0.1, 0.15) is 24.0 Å². The lowest BCUT2D eigenvalue weighted by atomic mass is 9.81. The van der Waals surface area contributed by atoms with Crippen LogP contribution in [0, 0.1) is 5.92 Å². The molecule has 2 nitrogen and oxygen atoms in total. The molecule has 3 aromatic carbocycles. The first kappa shape index (κ1) is 14.3. The van der Waals surface area contributed by atoms with Crippen LogP contribution < -0.4 is 0 Å². The molecule has 0 heterocycles. The average molecular weight is 290 g/mol. The topological polar surface area (TPSA) is 37.3 Å². The molecule has 0 bridgehead atoms. The van der Waals surface area contributed by atoms with E-state index >= 15 is 0 Å². The summed E-state index contributed by atoms with van der Waals surface area (Å²) in [6, 6.07) is 24.2. The lowest BCUT2D eigenvalue weighted by Gasteiger charge is -2.22. The Bertz CT molecular complexity index is 793. The average Bonchev–Trinajstić information content (AvgIpc) is 2.56. The first-order valence-corrected chi connectivity index (χ1v) is 7.43. The van der Waals surface area contributed by atoms with Crippen molar-refractivity contribution in [1.82, 2.24) is 0 Å². The third-order valence-electron chi connectivity index (χ3n) is 4.18. The van der Waals surface area contributed by atoms with Crippen LogP contribution in [0.3, 0.4) is 0 Å². The van der Waals surface area contributed by atoms with Crippen molar-refractivity contribution in [3.8, 4) is 0 Å². The number of aliphatic carboxylic acids is 1. The van der Waals surface area contributed by atoms with Crippen molar-refractivity contribution in [2.24, 2.45) is 5.92 Å². The van der Waals surface area contributed by atoms with Crippen molar-refractivity contribution >= 4 is 16.7 Å². The number of carboxylic acids is 1. The van der Waals surface area contributed by atoms with Crippen molar-refractivity contribution in [1.29, 1.82) is 0 Å². The van der Waals surface area contributed by atoms with Gasteiger partial charge < -0.3 is 5.11 Å². The van der Waals surface area contributed by atoms with Crippen LogP contribution in [0.4, 0.5) is 0 Å².